The van der Waals surface area contributed by atoms with Gasteiger partial charge in [0.05, 0.1) is 18.8 Å². The Morgan fingerprint density at radius 3 is 2.52 bits per heavy atom. The van der Waals surface area contributed by atoms with Crippen LogP contribution in [0.4, 0.5) is 0 Å². The Labute approximate surface area is 124 Å². The van der Waals surface area contributed by atoms with Gasteiger partial charge in [-0.2, -0.15) is 0 Å². The van der Waals surface area contributed by atoms with Gasteiger partial charge in [0, 0.05) is 26.6 Å². The molecule has 1 unspecified atom stereocenters. The second-order valence-electron chi connectivity index (χ2n) is 6.01. The van der Waals surface area contributed by atoms with Crippen LogP contribution in [0, 0.1) is 0 Å². The molecule has 3 amide bonds. The first kappa shape index (κ1) is 15.9. The lowest BCUT2D eigenvalue weighted by atomic mass is 9.98. The summed E-state index contributed by atoms with van der Waals surface area (Å²) in [7, 11) is 1.45. The molecule has 2 saturated heterocycles. The van der Waals surface area contributed by atoms with Crippen LogP contribution >= 0.6 is 0 Å². The van der Waals surface area contributed by atoms with E-state index in [1.54, 1.807) is 0 Å². The van der Waals surface area contributed by atoms with Crippen molar-refractivity contribution < 1.29 is 19.1 Å². The van der Waals surface area contributed by atoms with Crippen LogP contribution in [0.2, 0.25) is 0 Å². The highest BCUT2D eigenvalue weighted by atomic mass is 16.5. The van der Waals surface area contributed by atoms with Crippen molar-refractivity contribution in [3.63, 3.8) is 0 Å². The van der Waals surface area contributed by atoms with Crippen molar-refractivity contribution in [1.29, 1.82) is 0 Å². The quantitative estimate of drug-likeness (QED) is 0.701. The van der Waals surface area contributed by atoms with Gasteiger partial charge in [-0.1, -0.05) is 0 Å². The standard InChI is InChI=1S/C14H23N3O4/c1-14(2,17-6-8-21-9-7-17)13(20)15-10-4-5-11(18)16(3)12(10)19/h10H,4-9H2,1-3H3,(H,15,20). The summed E-state index contributed by atoms with van der Waals surface area (Å²) in [5.74, 6) is -0.721. The van der Waals surface area contributed by atoms with Gasteiger partial charge in [-0.25, -0.2) is 0 Å². The number of morpholine rings is 1. The van der Waals surface area contributed by atoms with Crippen LogP contribution in [0.25, 0.3) is 0 Å². The number of nitrogens with one attached hydrogen (secondary N) is 1. The molecule has 2 fully saturated rings. The Hall–Kier alpha value is -1.47. The molecule has 0 saturated carbocycles. The Balaban J connectivity index is 1.99. The summed E-state index contributed by atoms with van der Waals surface area (Å²) in [5.41, 5.74) is -0.704. The zero-order valence-electron chi connectivity index (χ0n) is 12.8. The van der Waals surface area contributed by atoms with Crippen molar-refractivity contribution in [2.75, 3.05) is 33.4 Å². The molecule has 2 rings (SSSR count). The van der Waals surface area contributed by atoms with E-state index in [1.807, 2.05) is 18.7 Å². The average Bonchev–Trinajstić information content (AvgIpc) is 2.48. The Morgan fingerprint density at radius 1 is 1.29 bits per heavy atom. The van der Waals surface area contributed by atoms with Crippen LogP contribution in [-0.2, 0) is 19.1 Å². The SMILES string of the molecule is CN1C(=O)CCC(NC(=O)C(C)(C)N2CCOCC2)C1=O. The smallest absolute Gasteiger partial charge is 0.251 e. The molecule has 2 heterocycles. The number of hydrogen-bond acceptors (Lipinski definition) is 5. The predicted octanol–water partition coefficient (Wildman–Crippen LogP) is -0.639. The number of imide groups is 1. The molecule has 0 aromatic carbocycles. The Kier molecular flexibility index (Phi) is 4.63. The molecule has 2 aliphatic heterocycles. The minimum absolute atomic E-state index is 0.189. The molecule has 1 atom stereocenters. The number of carbonyl (C=O) groups excluding carboxylic acids is 3. The number of likely N-dealkylation sites (tertiary alicyclic amines) is 1. The lowest BCUT2D eigenvalue weighted by molar-refractivity contribution is -0.151. The number of hydrogen-bond donors (Lipinski definition) is 1. The van der Waals surface area contributed by atoms with E-state index in [-0.39, 0.29) is 24.1 Å². The third-order valence-electron chi connectivity index (χ3n) is 4.31. The molecule has 7 nitrogen and oxygen atoms in total. The molecule has 0 aromatic heterocycles. The third-order valence-corrected chi connectivity index (χ3v) is 4.31. The molecule has 0 spiro atoms. The normalized spacial score (nSPS) is 25.1. The first-order valence-electron chi connectivity index (χ1n) is 7.28. The largest absolute Gasteiger partial charge is 0.379 e. The number of amides is 3. The van der Waals surface area contributed by atoms with E-state index in [4.69, 9.17) is 4.74 Å². The van der Waals surface area contributed by atoms with Crippen molar-refractivity contribution in [3.8, 4) is 0 Å². The summed E-state index contributed by atoms with van der Waals surface area (Å²) >= 11 is 0. The number of nitrogens with zero attached hydrogens (tertiary/aromatic N) is 2. The van der Waals surface area contributed by atoms with E-state index in [9.17, 15) is 14.4 Å². The number of likely N-dealkylation sites (N-methyl/N-ethyl adjacent to an activating group) is 1. The van der Waals surface area contributed by atoms with Gasteiger partial charge in [0.25, 0.3) is 5.91 Å². The van der Waals surface area contributed by atoms with E-state index in [2.05, 4.69) is 5.32 Å². The van der Waals surface area contributed by atoms with Gasteiger partial charge in [-0.15, -0.1) is 0 Å². The number of ether oxygens (including phenoxy) is 1. The van der Waals surface area contributed by atoms with E-state index in [0.717, 1.165) is 4.90 Å². The van der Waals surface area contributed by atoms with Crippen LogP contribution in [-0.4, -0.2) is 72.5 Å². The second-order valence-corrected chi connectivity index (χ2v) is 6.01. The number of piperidine rings is 1. The van der Waals surface area contributed by atoms with Gasteiger partial charge in [-0.3, -0.25) is 24.2 Å². The maximum atomic E-state index is 12.5. The van der Waals surface area contributed by atoms with E-state index >= 15 is 0 Å². The van der Waals surface area contributed by atoms with Crippen molar-refractivity contribution in [3.05, 3.63) is 0 Å². The summed E-state index contributed by atoms with van der Waals surface area (Å²) in [6.07, 6.45) is 0.651. The highest BCUT2D eigenvalue weighted by Gasteiger charge is 2.39. The van der Waals surface area contributed by atoms with E-state index in [0.29, 0.717) is 32.7 Å². The van der Waals surface area contributed by atoms with Crippen molar-refractivity contribution in [2.24, 2.45) is 0 Å². The molecule has 2 aliphatic rings. The maximum absolute atomic E-state index is 12.5. The third kappa shape index (κ3) is 3.24. The summed E-state index contributed by atoms with van der Waals surface area (Å²) < 4.78 is 5.30. The summed E-state index contributed by atoms with van der Waals surface area (Å²) in [6, 6.07) is -0.611. The molecule has 0 aromatic rings. The minimum atomic E-state index is -0.704. The van der Waals surface area contributed by atoms with Crippen molar-refractivity contribution >= 4 is 17.7 Å². The Bertz CT molecular complexity index is 444. The molecule has 0 aliphatic carbocycles. The van der Waals surface area contributed by atoms with Crippen LogP contribution in [0.15, 0.2) is 0 Å². The van der Waals surface area contributed by atoms with Gasteiger partial charge < -0.3 is 10.1 Å². The lowest BCUT2D eigenvalue weighted by Gasteiger charge is -2.40. The fraction of sp³-hybridized carbons (Fsp3) is 0.786. The first-order chi connectivity index (χ1) is 9.84. The molecular formula is C14H23N3O4. The second kappa shape index (κ2) is 6.11. The number of carbonyl (C=O) groups is 3. The molecule has 118 valence electrons. The van der Waals surface area contributed by atoms with E-state index < -0.39 is 11.6 Å². The van der Waals surface area contributed by atoms with Crippen molar-refractivity contribution in [2.45, 2.75) is 38.3 Å². The maximum Gasteiger partial charge on any atom is 0.251 e. The van der Waals surface area contributed by atoms with Gasteiger partial charge in [0.2, 0.25) is 11.8 Å². The predicted molar refractivity (Wildman–Crippen MR) is 75.4 cm³/mol. The van der Waals surface area contributed by atoms with Crippen LogP contribution < -0.4 is 5.32 Å². The van der Waals surface area contributed by atoms with Crippen molar-refractivity contribution in [1.82, 2.24) is 15.1 Å². The fourth-order valence-electron chi connectivity index (χ4n) is 2.65. The summed E-state index contributed by atoms with van der Waals surface area (Å²) in [6.45, 7) is 6.28. The zero-order chi connectivity index (χ0) is 15.6. The zero-order valence-corrected chi connectivity index (χ0v) is 12.8. The molecule has 21 heavy (non-hydrogen) atoms. The lowest BCUT2D eigenvalue weighted by Crippen LogP contribution is -2.62. The molecule has 1 N–H and O–H groups in total. The monoisotopic (exact) mass is 297 g/mol. The van der Waals surface area contributed by atoms with Crippen LogP contribution in [0.3, 0.4) is 0 Å². The number of rotatable bonds is 3. The highest BCUT2D eigenvalue weighted by Crippen LogP contribution is 2.18. The van der Waals surface area contributed by atoms with Gasteiger partial charge in [0.1, 0.15) is 6.04 Å². The highest BCUT2D eigenvalue weighted by molar-refractivity contribution is 6.02. The summed E-state index contributed by atoms with van der Waals surface area (Å²) in [5, 5.41) is 2.79. The van der Waals surface area contributed by atoms with Crippen LogP contribution in [0.1, 0.15) is 26.7 Å². The minimum Gasteiger partial charge on any atom is -0.379 e. The Morgan fingerprint density at radius 2 is 1.90 bits per heavy atom. The molecule has 7 heteroatoms. The van der Waals surface area contributed by atoms with Gasteiger partial charge >= 0.3 is 0 Å². The summed E-state index contributed by atoms with van der Waals surface area (Å²) in [4.78, 5) is 39.1. The van der Waals surface area contributed by atoms with Crippen LogP contribution in [0.5, 0.6) is 0 Å². The first-order valence-corrected chi connectivity index (χ1v) is 7.28. The molecular weight excluding hydrogens is 274 g/mol. The molecule has 0 bridgehead atoms. The van der Waals surface area contributed by atoms with Gasteiger partial charge in [0.15, 0.2) is 0 Å². The average molecular weight is 297 g/mol. The topological polar surface area (TPSA) is 79.0 Å². The fourth-order valence-corrected chi connectivity index (χ4v) is 2.65. The van der Waals surface area contributed by atoms with Gasteiger partial charge in [-0.05, 0) is 20.3 Å². The molecule has 0 radical (unpaired) electrons. The van der Waals surface area contributed by atoms with E-state index in [1.165, 1.54) is 7.05 Å².